The van der Waals surface area contributed by atoms with Gasteiger partial charge in [0, 0.05) is 23.2 Å². The summed E-state index contributed by atoms with van der Waals surface area (Å²) in [5.41, 5.74) is 8.59. The molecule has 0 unspecified atom stereocenters. The van der Waals surface area contributed by atoms with Gasteiger partial charge in [-0.05, 0) is 50.2 Å². The normalized spacial score (nSPS) is 10.3. The largest absolute Gasteiger partial charge is 0.496 e. The minimum atomic E-state index is -0.243. The highest BCUT2D eigenvalue weighted by atomic mass is 79.9. The van der Waals surface area contributed by atoms with Gasteiger partial charge in [0.15, 0.2) is 0 Å². The minimum absolute atomic E-state index is 0.243. The molecular formula is C18H22BrN3O2. The van der Waals surface area contributed by atoms with Crippen LogP contribution in [0, 0.1) is 0 Å². The van der Waals surface area contributed by atoms with Crippen LogP contribution in [-0.2, 0) is 0 Å². The molecule has 0 aliphatic heterocycles. The van der Waals surface area contributed by atoms with E-state index in [0.29, 0.717) is 22.7 Å². The predicted molar refractivity (Wildman–Crippen MR) is 103 cm³/mol. The Kier molecular flexibility index (Phi) is 6.09. The van der Waals surface area contributed by atoms with E-state index in [9.17, 15) is 4.79 Å². The van der Waals surface area contributed by atoms with E-state index < -0.39 is 0 Å². The van der Waals surface area contributed by atoms with Crippen LogP contribution in [0.25, 0.3) is 0 Å². The van der Waals surface area contributed by atoms with E-state index >= 15 is 0 Å². The van der Waals surface area contributed by atoms with Crippen molar-refractivity contribution in [2.75, 3.05) is 36.1 Å². The number of benzene rings is 2. The molecule has 3 N–H and O–H groups in total. The van der Waals surface area contributed by atoms with E-state index in [-0.39, 0.29) is 5.91 Å². The summed E-state index contributed by atoms with van der Waals surface area (Å²) in [4.78, 5) is 14.9. The van der Waals surface area contributed by atoms with Crippen LogP contribution in [0.3, 0.4) is 0 Å². The Morgan fingerprint density at radius 3 is 2.54 bits per heavy atom. The molecule has 0 fully saturated rings. The van der Waals surface area contributed by atoms with E-state index in [0.717, 1.165) is 23.2 Å². The van der Waals surface area contributed by atoms with Crippen molar-refractivity contribution in [1.82, 2.24) is 0 Å². The first-order valence-electron chi connectivity index (χ1n) is 7.79. The fourth-order valence-electron chi connectivity index (χ4n) is 2.54. The highest BCUT2D eigenvalue weighted by Crippen LogP contribution is 2.30. The number of methoxy groups -OCH3 is 1. The summed E-state index contributed by atoms with van der Waals surface area (Å²) >= 11 is 3.39. The van der Waals surface area contributed by atoms with Gasteiger partial charge in [-0.25, -0.2) is 0 Å². The second kappa shape index (κ2) is 8.06. The zero-order valence-corrected chi connectivity index (χ0v) is 15.7. The number of rotatable bonds is 6. The smallest absolute Gasteiger partial charge is 0.259 e. The van der Waals surface area contributed by atoms with Crippen molar-refractivity contribution in [3.8, 4) is 5.75 Å². The Balaban J connectivity index is 2.39. The molecule has 0 bridgehead atoms. The van der Waals surface area contributed by atoms with Gasteiger partial charge in [0.1, 0.15) is 5.75 Å². The number of hydrogen-bond acceptors (Lipinski definition) is 4. The van der Waals surface area contributed by atoms with Crippen LogP contribution < -0.4 is 20.7 Å². The SMILES string of the molecule is CCN(CC)c1ccc(N)cc1NC(=O)c1cc(Br)ccc1OC. The van der Waals surface area contributed by atoms with Crippen molar-refractivity contribution < 1.29 is 9.53 Å². The lowest BCUT2D eigenvalue weighted by Gasteiger charge is -2.24. The second-order valence-corrected chi connectivity index (χ2v) is 6.16. The van der Waals surface area contributed by atoms with Gasteiger partial charge in [-0.3, -0.25) is 4.79 Å². The van der Waals surface area contributed by atoms with E-state index in [1.165, 1.54) is 0 Å². The maximum absolute atomic E-state index is 12.7. The third-order valence-corrected chi connectivity index (χ3v) is 4.27. The highest BCUT2D eigenvalue weighted by molar-refractivity contribution is 9.10. The summed E-state index contributed by atoms with van der Waals surface area (Å²) in [6.45, 7) is 5.82. The van der Waals surface area contributed by atoms with Crippen molar-refractivity contribution in [2.24, 2.45) is 0 Å². The Bertz CT molecular complexity index is 730. The number of ether oxygens (including phenoxy) is 1. The van der Waals surface area contributed by atoms with Crippen LogP contribution >= 0.6 is 15.9 Å². The van der Waals surface area contributed by atoms with Crippen LogP contribution in [0.5, 0.6) is 5.75 Å². The molecule has 0 aliphatic carbocycles. The molecule has 6 heteroatoms. The number of nitrogens with zero attached hydrogens (tertiary/aromatic N) is 1. The number of carbonyl (C=O) groups is 1. The van der Waals surface area contributed by atoms with E-state index in [2.05, 4.69) is 40.0 Å². The summed E-state index contributed by atoms with van der Waals surface area (Å²) in [6.07, 6.45) is 0. The van der Waals surface area contributed by atoms with Gasteiger partial charge in [-0.15, -0.1) is 0 Å². The quantitative estimate of drug-likeness (QED) is 0.726. The van der Waals surface area contributed by atoms with E-state index in [1.807, 2.05) is 18.2 Å². The van der Waals surface area contributed by atoms with Gasteiger partial charge in [-0.1, -0.05) is 15.9 Å². The van der Waals surface area contributed by atoms with Gasteiger partial charge >= 0.3 is 0 Å². The molecule has 1 amide bonds. The molecule has 0 aromatic heterocycles. The molecule has 2 aromatic rings. The summed E-state index contributed by atoms with van der Waals surface area (Å²) in [6, 6.07) is 10.9. The molecule has 2 rings (SSSR count). The molecule has 5 nitrogen and oxygen atoms in total. The van der Waals surface area contributed by atoms with Gasteiger partial charge < -0.3 is 20.7 Å². The van der Waals surface area contributed by atoms with E-state index in [1.54, 1.807) is 25.3 Å². The van der Waals surface area contributed by atoms with Crippen molar-refractivity contribution in [2.45, 2.75) is 13.8 Å². The lowest BCUT2D eigenvalue weighted by Crippen LogP contribution is -2.24. The molecule has 0 spiro atoms. The number of nitrogen functional groups attached to an aromatic ring is 1. The first-order chi connectivity index (χ1) is 11.5. The molecular weight excluding hydrogens is 370 g/mol. The number of anilines is 3. The lowest BCUT2D eigenvalue weighted by molar-refractivity contribution is 0.102. The Hall–Kier alpha value is -2.21. The predicted octanol–water partition coefficient (Wildman–Crippen LogP) is 4.14. The van der Waals surface area contributed by atoms with Gasteiger partial charge in [0.2, 0.25) is 0 Å². The summed E-state index contributed by atoms with van der Waals surface area (Å²) in [7, 11) is 1.54. The highest BCUT2D eigenvalue weighted by Gasteiger charge is 2.16. The van der Waals surface area contributed by atoms with Crippen molar-refractivity contribution in [3.63, 3.8) is 0 Å². The number of nitrogens with one attached hydrogen (secondary N) is 1. The summed E-state index contributed by atoms with van der Waals surface area (Å²) in [5.74, 6) is 0.274. The molecule has 128 valence electrons. The zero-order valence-electron chi connectivity index (χ0n) is 14.1. The standard InChI is InChI=1S/C18H22BrN3O2/c1-4-22(5-2)16-8-7-13(20)11-15(16)21-18(23)14-10-12(19)6-9-17(14)24-3/h6-11H,4-5,20H2,1-3H3,(H,21,23). The third-order valence-electron chi connectivity index (χ3n) is 3.78. The maximum Gasteiger partial charge on any atom is 0.259 e. The van der Waals surface area contributed by atoms with Crippen LogP contribution in [0.4, 0.5) is 17.1 Å². The minimum Gasteiger partial charge on any atom is -0.496 e. The monoisotopic (exact) mass is 391 g/mol. The van der Waals surface area contributed by atoms with Crippen LogP contribution in [0.1, 0.15) is 24.2 Å². The molecule has 0 saturated heterocycles. The number of carbonyl (C=O) groups excluding carboxylic acids is 1. The van der Waals surface area contributed by atoms with Crippen LogP contribution in [-0.4, -0.2) is 26.1 Å². The number of hydrogen-bond donors (Lipinski definition) is 2. The van der Waals surface area contributed by atoms with Gasteiger partial charge in [0.05, 0.1) is 24.0 Å². The van der Waals surface area contributed by atoms with Crippen molar-refractivity contribution in [3.05, 3.63) is 46.4 Å². The average Bonchev–Trinajstić information content (AvgIpc) is 2.57. The average molecular weight is 392 g/mol. The fourth-order valence-corrected chi connectivity index (χ4v) is 2.90. The van der Waals surface area contributed by atoms with E-state index in [4.69, 9.17) is 10.5 Å². The Morgan fingerprint density at radius 1 is 1.21 bits per heavy atom. The number of halogens is 1. The van der Waals surface area contributed by atoms with Gasteiger partial charge in [-0.2, -0.15) is 0 Å². The zero-order chi connectivity index (χ0) is 17.7. The third kappa shape index (κ3) is 4.00. The molecule has 0 atom stereocenters. The number of amides is 1. The molecule has 0 saturated carbocycles. The number of nitrogens with two attached hydrogens (primary N) is 1. The first-order valence-corrected chi connectivity index (χ1v) is 8.58. The maximum atomic E-state index is 12.7. The topological polar surface area (TPSA) is 67.6 Å². The Morgan fingerprint density at radius 2 is 1.92 bits per heavy atom. The molecule has 0 radical (unpaired) electrons. The van der Waals surface area contributed by atoms with Gasteiger partial charge in [0.25, 0.3) is 5.91 Å². The fraction of sp³-hybridized carbons (Fsp3) is 0.278. The molecule has 24 heavy (non-hydrogen) atoms. The van der Waals surface area contributed by atoms with Crippen molar-refractivity contribution >= 4 is 38.9 Å². The lowest BCUT2D eigenvalue weighted by atomic mass is 10.1. The van der Waals surface area contributed by atoms with Crippen molar-refractivity contribution in [1.29, 1.82) is 0 Å². The molecule has 0 heterocycles. The first kappa shape index (κ1) is 18.1. The molecule has 2 aromatic carbocycles. The summed E-state index contributed by atoms with van der Waals surface area (Å²) < 4.78 is 6.10. The van der Waals surface area contributed by atoms with Crippen LogP contribution in [0.15, 0.2) is 40.9 Å². The Labute approximate surface area is 150 Å². The molecule has 0 aliphatic rings. The second-order valence-electron chi connectivity index (χ2n) is 5.25. The summed E-state index contributed by atoms with van der Waals surface area (Å²) in [5, 5.41) is 2.96. The van der Waals surface area contributed by atoms with Crippen LogP contribution in [0.2, 0.25) is 0 Å².